The van der Waals surface area contributed by atoms with Crippen molar-refractivity contribution < 1.29 is 8.42 Å². The van der Waals surface area contributed by atoms with Gasteiger partial charge in [-0.15, -0.1) is 0 Å². The topological polar surface area (TPSA) is 72.2 Å². The van der Waals surface area contributed by atoms with Gasteiger partial charge in [-0.05, 0) is 47.9 Å². The Morgan fingerprint density at radius 3 is 2.00 bits per heavy atom. The first kappa shape index (κ1) is 14.4. The maximum Gasteiger partial charge on any atom is 0.261 e. The SMILES string of the molecule is CC(C)c1ccc(NS(=O)(=O)c2ccc(N)cc2)cc1. The lowest BCUT2D eigenvalue weighted by atomic mass is 10.0. The van der Waals surface area contributed by atoms with Crippen LogP contribution in [-0.4, -0.2) is 8.42 Å². The molecule has 2 aromatic rings. The monoisotopic (exact) mass is 290 g/mol. The number of hydrogen-bond acceptors (Lipinski definition) is 3. The molecule has 0 atom stereocenters. The van der Waals surface area contributed by atoms with Crippen LogP contribution in [0.1, 0.15) is 25.3 Å². The van der Waals surface area contributed by atoms with E-state index in [4.69, 9.17) is 5.73 Å². The van der Waals surface area contributed by atoms with Gasteiger partial charge in [0.15, 0.2) is 0 Å². The van der Waals surface area contributed by atoms with Gasteiger partial charge in [0.1, 0.15) is 0 Å². The Morgan fingerprint density at radius 1 is 0.950 bits per heavy atom. The molecular formula is C15H18N2O2S. The van der Waals surface area contributed by atoms with Crippen molar-refractivity contribution in [1.29, 1.82) is 0 Å². The standard InChI is InChI=1S/C15H18N2O2S/c1-11(2)12-3-7-14(8-4-12)17-20(18,19)15-9-5-13(16)6-10-15/h3-11,17H,16H2,1-2H3. The van der Waals surface area contributed by atoms with Crippen molar-refractivity contribution in [2.75, 3.05) is 10.5 Å². The Balaban J connectivity index is 2.22. The molecule has 0 aliphatic carbocycles. The molecule has 0 saturated heterocycles. The van der Waals surface area contributed by atoms with Crippen molar-refractivity contribution >= 4 is 21.4 Å². The molecule has 106 valence electrons. The van der Waals surface area contributed by atoms with Crippen LogP contribution < -0.4 is 10.5 Å². The van der Waals surface area contributed by atoms with Crippen molar-refractivity contribution in [3.63, 3.8) is 0 Å². The number of benzene rings is 2. The van der Waals surface area contributed by atoms with E-state index in [0.717, 1.165) is 0 Å². The highest BCUT2D eigenvalue weighted by molar-refractivity contribution is 7.92. The van der Waals surface area contributed by atoms with E-state index in [9.17, 15) is 8.42 Å². The van der Waals surface area contributed by atoms with Crippen LogP contribution in [0.5, 0.6) is 0 Å². The Kier molecular flexibility index (Phi) is 3.99. The minimum atomic E-state index is -3.57. The molecule has 0 unspecified atom stereocenters. The van der Waals surface area contributed by atoms with Crippen LogP contribution in [0.15, 0.2) is 53.4 Å². The van der Waals surface area contributed by atoms with E-state index in [1.54, 1.807) is 24.3 Å². The average molecular weight is 290 g/mol. The second-order valence-electron chi connectivity index (χ2n) is 4.95. The van der Waals surface area contributed by atoms with Gasteiger partial charge in [0.05, 0.1) is 4.90 Å². The lowest BCUT2D eigenvalue weighted by Crippen LogP contribution is -2.12. The van der Waals surface area contributed by atoms with Gasteiger partial charge in [0, 0.05) is 11.4 Å². The van der Waals surface area contributed by atoms with Crippen LogP contribution >= 0.6 is 0 Å². The van der Waals surface area contributed by atoms with Gasteiger partial charge >= 0.3 is 0 Å². The number of rotatable bonds is 4. The van der Waals surface area contributed by atoms with Gasteiger partial charge in [-0.2, -0.15) is 0 Å². The van der Waals surface area contributed by atoms with E-state index < -0.39 is 10.0 Å². The predicted octanol–water partition coefficient (Wildman–Crippen LogP) is 3.19. The number of sulfonamides is 1. The molecule has 0 heterocycles. The summed E-state index contributed by atoms with van der Waals surface area (Å²) >= 11 is 0. The number of anilines is 2. The van der Waals surface area contributed by atoms with Crippen LogP contribution in [0.25, 0.3) is 0 Å². The number of nitrogens with two attached hydrogens (primary N) is 1. The molecule has 2 rings (SSSR count). The molecule has 0 aliphatic heterocycles. The molecule has 0 saturated carbocycles. The summed E-state index contributed by atoms with van der Waals surface area (Å²) in [5.74, 6) is 0.415. The zero-order chi connectivity index (χ0) is 14.8. The Bertz CT molecular complexity index is 675. The fourth-order valence-corrected chi connectivity index (χ4v) is 2.86. The molecule has 0 radical (unpaired) electrons. The molecular weight excluding hydrogens is 272 g/mol. The van der Waals surface area contributed by atoms with Crippen LogP contribution in [0.3, 0.4) is 0 Å². The van der Waals surface area contributed by atoms with Crippen molar-refractivity contribution in [1.82, 2.24) is 0 Å². The van der Waals surface area contributed by atoms with E-state index in [1.165, 1.54) is 17.7 Å². The highest BCUT2D eigenvalue weighted by Crippen LogP contribution is 2.20. The molecule has 0 spiro atoms. The van der Waals surface area contributed by atoms with Gasteiger partial charge in [-0.25, -0.2) is 8.42 Å². The van der Waals surface area contributed by atoms with E-state index in [1.807, 2.05) is 12.1 Å². The summed E-state index contributed by atoms with van der Waals surface area (Å²) in [6.45, 7) is 4.18. The van der Waals surface area contributed by atoms with Gasteiger partial charge in [0.2, 0.25) is 0 Å². The summed E-state index contributed by atoms with van der Waals surface area (Å²) in [7, 11) is -3.57. The van der Waals surface area contributed by atoms with E-state index in [2.05, 4.69) is 18.6 Å². The molecule has 0 aromatic heterocycles. The second kappa shape index (κ2) is 5.54. The van der Waals surface area contributed by atoms with Gasteiger partial charge in [-0.3, -0.25) is 4.72 Å². The molecule has 0 fully saturated rings. The first-order chi connectivity index (χ1) is 9.38. The molecule has 3 N–H and O–H groups in total. The third-order valence-electron chi connectivity index (χ3n) is 3.02. The largest absolute Gasteiger partial charge is 0.399 e. The maximum absolute atomic E-state index is 12.2. The normalized spacial score (nSPS) is 11.6. The fourth-order valence-electron chi connectivity index (χ4n) is 1.80. The van der Waals surface area contributed by atoms with Crippen molar-refractivity contribution in [2.24, 2.45) is 0 Å². The van der Waals surface area contributed by atoms with Gasteiger partial charge < -0.3 is 5.73 Å². The maximum atomic E-state index is 12.2. The minimum absolute atomic E-state index is 0.194. The number of nitrogen functional groups attached to an aromatic ring is 1. The van der Waals surface area contributed by atoms with E-state index >= 15 is 0 Å². The van der Waals surface area contributed by atoms with Crippen molar-refractivity contribution in [3.05, 3.63) is 54.1 Å². The predicted molar refractivity (Wildman–Crippen MR) is 82.2 cm³/mol. The average Bonchev–Trinajstić information content (AvgIpc) is 2.39. The van der Waals surface area contributed by atoms with Gasteiger partial charge in [0.25, 0.3) is 10.0 Å². The zero-order valence-corrected chi connectivity index (χ0v) is 12.3. The third-order valence-corrected chi connectivity index (χ3v) is 4.42. The summed E-state index contributed by atoms with van der Waals surface area (Å²) in [6, 6.07) is 13.5. The summed E-state index contributed by atoms with van der Waals surface area (Å²) in [5.41, 5.74) is 7.80. The summed E-state index contributed by atoms with van der Waals surface area (Å²) in [4.78, 5) is 0.194. The highest BCUT2D eigenvalue weighted by atomic mass is 32.2. The number of nitrogens with one attached hydrogen (secondary N) is 1. The molecule has 0 bridgehead atoms. The summed E-state index contributed by atoms with van der Waals surface area (Å²) in [5, 5.41) is 0. The first-order valence-corrected chi connectivity index (χ1v) is 7.85. The first-order valence-electron chi connectivity index (χ1n) is 6.37. The molecule has 0 amide bonds. The zero-order valence-electron chi connectivity index (χ0n) is 11.5. The highest BCUT2D eigenvalue weighted by Gasteiger charge is 2.13. The number of hydrogen-bond donors (Lipinski definition) is 2. The Hall–Kier alpha value is -2.01. The third kappa shape index (κ3) is 3.30. The summed E-state index contributed by atoms with van der Waals surface area (Å²) in [6.07, 6.45) is 0. The summed E-state index contributed by atoms with van der Waals surface area (Å²) < 4.78 is 26.9. The van der Waals surface area contributed by atoms with Crippen molar-refractivity contribution in [2.45, 2.75) is 24.7 Å². The van der Waals surface area contributed by atoms with Crippen molar-refractivity contribution in [3.8, 4) is 0 Å². The van der Waals surface area contributed by atoms with E-state index in [-0.39, 0.29) is 4.90 Å². The van der Waals surface area contributed by atoms with Crippen LogP contribution in [-0.2, 0) is 10.0 Å². The lowest BCUT2D eigenvalue weighted by molar-refractivity contribution is 0.601. The van der Waals surface area contributed by atoms with Gasteiger partial charge in [-0.1, -0.05) is 26.0 Å². The molecule has 0 aliphatic rings. The lowest BCUT2D eigenvalue weighted by Gasteiger charge is -2.10. The molecule has 5 heteroatoms. The van der Waals surface area contributed by atoms with E-state index in [0.29, 0.717) is 17.3 Å². The second-order valence-corrected chi connectivity index (χ2v) is 6.63. The quantitative estimate of drug-likeness (QED) is 0.849. The molecule has 20 heavy (non-hydrogen) atoms. The Labute approximate surface area is 119 Å². The van der Waals surface area contributed by atoms with Crippen LogP contribution in [0.2, 0.25) is 0 Å². The minimum Gasteiger partial charge on any atom is -0.399 e. The molecule has 4 nitrogen and oxygen atoms in total. The van der Waals surface area contributed by atoms with Crippen LogP contribution in [0, 0.1) is 0 Å². The van der Waals surface area contributed by atoms with Crippen LogP contribution in [0.4, 0.5) is 11.4 Å². The fraction of sp³-hybridized carbons (Fsp3) is 0.200. The Morgan fingerprint density at radius 2 is 1.50 bits per heavy atom. The molecule has 2 aromatic carbocycles. The smallest absolute Gasteiger partial charge is 0.261 e.